The molecule has 1 aromatic carbocycles. The highest BCUT2D eigenvalue weighted by Crippen LogP contribution is 2.34. The Morgan fingerprint density at radius 3 is 2.68 bits per heavy atom. The van der Waals surface area contributed by atoms with Crippen LogP contribution in [0.4, 0.5) is 17.5 Å². The summed E-state index contributed by atoms with van der Waals surface area (Å²) in [5.41, 5.74) is 2.56. The standard InChI is InChI=1S/C28H29N7OS/c1-33-16-21-13-20(33)17-35(21)26-9-5-8-24(32-26)31-25-14-22-23(15-29-25)37-27(30-22)18-6-4-7-19(12-18)28(36)34-10-2-3-11-34/h4-9,12,14-15,20-21H,2-3,10-11,13,16-17H2,1H3,(H,29,31,32)/t20-,21-/m0/s1. The van der Waals surface area contributed by atoms with Crippen LogP contribution in [0, 0.1) is 0 Å². The van der Waals surface area contributed by atoms with Crippen LogP contribution in [0.15, 0.2) is 54.7 Å². The predicted octanol–water partition coefficient (Wildman–Crippen LogP) is 4.63. The van der Waals surface area contributed by atoms with Gasteiger partial charge in [-0.3, -0.25) is 9.69 Å². The zero-order valence-electron chi connectivity index (χ0n) is 20.8. The fourth-order valence-corrected chi connectivity index (χ4v) is 6.76. The fourth-order valence-electron chi connectivity index (χ4n) is 5.85. The highest BCUT2D eigenvalue weighted by molar-refractivity contribution is 7.21. The van der Waals surface area contributed by atoms with Crippen LogP contribution in [-0.2, 0) is 0 Å². The number of thiazole rings is 1. The van der Waals surface area contributed by atoms with Crippen LogP contribution in [0.2, 0.25) is 0 Å². The number of anilines is 3. The third-order valence-electron chi connectivity index (χ3n) is 7.82. The van der Waals surface area contributed by atoms with Crippen molar-refractivity contribution in [3.05, 3.63) is 60.3 Å². The minimum absolute atomic E-state index is 0.108. The molecule has 1 amide bonds. The molecule has 3 aliphatic heterocycles. The molecule has 9 heteroatoms. The Morgan fingerprint density at radius 2 is 1.86 bits per heavy atom. The molecule has 0 radical (unpaired) electrons. The molecule has 3 aliphatic rings. The maximum Gasteiger partial charge on any atom is 0.253 e. The molecule has 3 fully saturated rings. The van der Waals surface area contributed by atoms with Gasteiger partial charge in [-0.15, -0.1) is 11.3 Å². The average Bonchev–Trinajstić information content (AvgIpc) is 3.72. The minimum Gasteiger partial charge on any atom is -0.351 e. The number of hydrogen-bond donors (Lipinski definition) is 1. The number of likely N-dealkylation sites (tertiary alicyclic amines) is 2. The van der Waals surface area contributed by atoms with E-state index in [1.54, 1.807) is 11.3 Å². The topological polar surface area (TPSA) is 77.5 Å². The lowest BCUT2D eigenvalue weighted by Gasteiger charge is -2.32. The summed E-state index contributed by atoms with van der Waals surface area (Å²) in [6.07, 6.45) is 5.25. The summed E-state index contributed by atoms with van der Waals surface area (Å²) in [5, 5.41) is 4.26. The van der Waals surface area contributed by atoms with Crippen LogP contribution in [0.3, 0.4) is 0 Å². The Labute approximate surface area is 220 Å². The van der Waals surface area contributed by atoms with Crippen LogP contribution in [0.1, 0.15) is 29.6 Å². The zero-order chi connectivity index (χ0) is 24.9. The second kappa shape index (κ2) is 9.08. The summed E-state index contributed by atoms with van der Waals surface area (Å²) in [6.45, 7) is 3.83. The number of amides is 1. The number of carbonyl (C=O) groups excluding carboxylic acids is 1. The Hall–Kier alpha value is -3.56. The molecule has 6 heterocycles. The van der Waals surface area contributed by atoms with Crippen molar-refractivity contribution >= 4 is 44.9 Å². The van der Waals surface area contributed by atoms with Crippen LogP contribution < -0.4 is 10.2 Å². The van der Waals surface area contributed by atoms with Crippen molar-refractivity contribution in [2.75, 3.05) is 43.4 Å². The van der Waals surface area contributed by atoms with Crippen molar-refractivity contribution in [2.45, 2.75) is 31.3 Å². The first-order valence-electron chi connectivity index (χ1n) is 13.0. The molecule has 3 saturated heterocycles. The molecule has 0 saturated carbocycles. The molecule has 2 atom stereocenters. The number of fused-ring (bicyclic) bond motifs is 3. The Morgan fingerprint density at radius 1 is 1.00 bits per heavy atom. The molecule has 0 spiro atoms. The summed E-state index contributed by atoms with van der Waals surface area (Å²) in [7, 11) is 2.21. The van der Waals surface area contributed by atoms with E-state index in [-0.39, 0.29) is 5.91 Å². The minimum atomic E-state index is 0.108. The molecule has 3 aromatic heterocycles. The van der Waals surface area contributed by atoms with E-state index in [1.165, 1.54) is 6.42 Å². The number of rotatable bonds is 5. The maximum absolute atomic E-state index is 12.9. The van der Waals surface area contributed by atoms with Crippen molar-refractivity contribution in [1.82, 2.24) is 24.8 Å². The summed E-state index contributed by atoms with van der Waals surface area (Å²) < 4.78 is 1.01. The molecular formula is C28H29N7OS. The van der Waals surface area contributed by atoms with Crippen molar-refractivity contribution in [3.63, 3.8) is 0 Å². The summed E-state index contributed by atoms with van der Waals surface area (Å²) in [6, 6.07) is 17.1. The summed E-state index contributed by atoms with van der Waals surface area (Å²) in [4.78, 5) is 34.1. The van der Waals surface area contributed by atoms with Gasteiger partial charge in [0.2, 0.25) is 0 Å². The molecular weight excluding hydrogens is 482 g/mol. The van der Waals surface area contributed by atoms with Gasteiger partial charge in [0.15, 0.2) is 0 Å². The summed E-state index contributed by atoms with van der Waals surface area (Å²) >= 11 is 1.59. The van der Waals surface area contributed by atoms with Gasteiger partial charge >= 0.3 is 0 Å². The predicted molar refractivity (Wildman–Crippen MR) is 148 cm³/mol. The lowest BCUT2D eigenvalue weighted by atomic mass is 10.1. The largest absolute Gasteiger partial charge is 0.351 e. The molecule has 8 nitrogen and oxygen atoms in total. The van der Waals surface area contributed by atoms with Crippen molar-refractivity contribution in [1.29, 1.82) is 0 Å². The van der Waals surface area contributed by atoms with Crippen LogP contribution in [0.5, 0.6) is 0 Å². The second-order valence-electron chi connectivity index (χ2n) is 10.3. The van der Waals surface area contributed by atoms with Crippen LogP contribution in [0.25, 0.3) is 20.8 Å². The molecule has 2 bridgehead atoms. The number of hydrogen-bond acceptors (Lipinski definition) is 8. The van der Waals surface area contributed by atoms with Gasteiger partial charge in [-0.25, -0.2) is 15.0 Å². The zero-order valence-corrected chi connectivity index (χ0v) is 21.6. The van der Waals surface area contributed by atoms with E-state index in [0.29, 0.717) is 12.1 Å². The van der Waals surface area contributed by atoms with Gasteiger partial charge in [0.05, 0.1) is 10.2 Å². The number of likely N-dealkylation sites (N-methyl/N-ethyl adjacent to an activating group) is 1. The second-order valence-corrected chi connectivity index (χ2v) is 11.3. The van der Waals surface area contributed by atoms with E-state index in [4.69, 9.17) is 9.97 Å². The van der Waals surface area contributed by atoms with Crippen molar-refractivity contribution < 1.29 is 4.79 Å². The Kier molecular flexibility index (Phi) is 5.55. The third-order valence-corrected chi connectivity index (χ3v) is 8.88. The quantitative estimate of drug-likeness (QED) is 0.419. The maximum atomic E-state index is 12.9. The third kappa shape index (κ3) is 4.22. The number of benzene rings is 1. The average molecular weight is 512 g/mol. The van der Waals surface area contributed by atoms with E-state index in [1.807, 2.05) is 47.5 Å². The molecule has 188 valence electrons. The van der Waals surface area contributed by atoms with E-state index in [0.717, 1.165) is 82.8 Å². The van der Waals surface area contributed by atoms with Crippen molar-refractivity contribution in [3.8, 4) is 10.6 Å². The van der Waals surface area contributed by atoms with Gasteiger partial charge in [-0.05, 0) is 50.6 Å². The number of aromatic nitrogens is 3. The van der Waals surface area contributed by atoms with Gasteiger partial charge in [-0.2, -0.15) is 0 Å². The monoisotopic (exact) mass is 511 g/mol. The molecule has 1 N–H and O–H groups in total. The number of carbonyl (C=O) groups is 1. The molecule has 0 aliphatic carbocycles. The number of nitrogens with zero attached hydrogens (tertiary/aromatic N) is 6. The fraction of sp³-hybridized carbons (Fsp3) is 0.357. The van der Waals surface area contributed by atoms with E-state index < -0.39 is 0 Å². The molecule has 0 unspecified atom stereocenters. The smallest absolute Gasteiger partial charge is 0.253 e. The Bertz CT molecular complexity index is 1480. The van der Waals surface area contributed by atoms with Crippen LogP contribution >= 0.6 is 11.3 Å². The first-order chi connectivity index (χ1) is 18.1. The lowest BCUT2D eigenvalue weighted by Crippen LogP contribution is -2.44. The normalized spacial score (nSPS) is 21.3. The lowest BCUT2D eigenvalue weighted by molar-refractivity contribution is 0.0793. The number of pyridine rings is 2. The van der Waals surface area contributed by atoms with Gasteiger partial charge in [0.1, 0.15) is 22.5 Å². The first kappa shape index (κ1) is 22.6. The van der Waals surface area contributed by atoms with Crippen LogP contribution in [-0.4, -0.2) is 76.0 Å². The SMILES string of the molecule is CN1C[C@@H]2C[C@H]1CN2c1cccc(Nc2cc3nc(-c4cccc(C(=O)N5CCCC5)c4)sc3cn2)n1. The van der Waals surface area contributed by atoms with E-state index >= 15 is 0 Å². The molecule has 4 aromatic rings. The van der Waals surface area contributed by atoms with Gasteiger partial charge in [0, 0.05) is 61.7 Å². The number of nitrogens with one attached hydrogen (secondary N) is 1. The number of piperazine rings is 1. The summed E-state index contributed by atoms with van der Waals surface area (Å²) in [5.74, 6) is 2.63. The molecule has 37 heavy (non-hydrogen) atoms. The first-order valence-corrected chi connectivity index (χ1v) is 13.8. The van der Waals surface area contributed by atoms with Crippen molar-refractivity contribution in [2.24, 2.45) is 0 Å². The van der Waals surface area contributed by atoms with E-state index in [9.17, 15) is 4.79 Å². The highest BCUT2D eigenvalue weighted by Gasteiger charge is 2.41. The van der Waals surface area contributed by atoms with Gasteiger partial charge in [-0.1, -0.05) is 18.2 Å². The van der Waals surface area contributed by atoms with E-state index in [2.05, 4.69) is 39.3 Å². The van der Waals surface area contributed by atoms with Gasteiger partial charge < -0.3 is 15.1 Å². The molecule has 7 rings (SSSR count). The highest BCUT2D eigenvalue weighted by atomic mass is 32.1. The van der Waals surface area contributed by atoms with Gasteiger partial charge in [0.25, 0.3) is 5.91 Å². The Balaban J connectivity index is 1.11.